The first-order valence-electron chi connectivity index (χ1n) is 4.82. The highest BCUT2D eigenvalue weighted by atomic mass is 16.3. The smallest absolute Gasteiger partial charge is 0.0917 e. The zero-order valence-corrected chi connectivity index (χ0v) is 8.12. The largest absolute Gasteiger partial charge is 0.328 e. The minimum Gasteiger partial charge on any atom is -0.328 e. The van der Waals surface area contributed by atoms with E-state index in [1.54, 1.807) is 0 Å². The molecule has 0 aromatic rings. The molecular weight excluding hydrogens is 152 g/mol. The van der Waals surface area contributed by atoms with E-state index in [0.717, 1.165) is 32.1 Å². The van der Waals surface area contributed by atoms with Crippen LogP contribution in [0.5, 0.6) is 0 Å². The van der Waals surface area contributed by atoms with Crippen LogP contribution >= 0.6 is 0 Å². The Labute approximate surface area is 74.7 Å². The maximum Gasteiger partial charge on any atom is 0.0917 e. The molecule has 0 saturated heterocycles. The zero-order chi connectivity index (χ0) is 9.40. The lowest BCUT2D eigenvalue weighted by molar-refractivity contribution is 0.502. The van der Waals surface area contributed by atoms with Crippen LogP contribution in [-0.4, -0.2) is 12.1 Å². The van der Waals surface area contributed by atoms with E-state index >= 15 is 0 Å². The van der Waals surface area contributed by atoms with Gasteiger partial charge in [-0.25, -0.2) is 0 Å². The van der Waals surface area contributed by atoms with Crippen LogP contribution in [0.1, 0.15) is 46.0 Å². The quantitative estimate of drug-likeness (QED) is 0.600. The van der Waals surface area contributed by atoms with Crippen LogP contribution in [0.3, 0.4) is 0 Å². The molecular formula is C9H20N2O. The van der Waals surface area contributed by atoms with Crippen molar-refractivity contribution in [2.75, 3.05) is 0 Å². The van der Waals surface area contributed by atoms with E-state index in [-0.39, 0.29) is 6.04 Å². The Morgan fingerprint density at radius 1 is 1.25 bits per heavy atom. The van der Waals surface area contributed by atoms with Gasteiger partial charge in [-0.1, -0.05) is 19.0 Å². The van der Waals surface area contributed by atoms with Gasteiger partial charge in [-0.2, -0.15) is 4.91 Å². The van der Waals surface area contributed by atoms with Gasteiger partial charge in [-0.3, -0.25) is 0 Å². The molecule has 0 aliphatic carbocycles. The lowest BCUT2D eigenvalue weighted by Gasteiger charge is -2.09. The Hall–Kier alpha value is -0.440. The minimum absolute atomic E-state index is 0.00839. The van der Waals surface area contributed by atoms with Crippen LogP contribution in [-0.2, 0) is 0 Å². The molecule has 0 aromatic carbocycles. The first-order valence-corrected chi connectivity index (χ1v) is 4.82. The molecule has 0 fully saturated rings. The summed E-state index contributed by atoms with van der Waals surface area (Å²) < 4.78 is 0. The molecule has 0 bridgehead atoms. The summed E-state index contributed by atoms with van der Waals surface area (Å²) in [4.78, 5) is 10.2. The van der Waals surface area contributed by atoms with E-state index in [0.29, 0.717) is 6.04 Å². The third-order valence-electron chi connectivity index (χ3n) is 2.26. The van der Waals surface area contributed by atoms with E-state index in [1.807, 2.05) is 6.92 Å². The van der Waals surface area contributed by atoms with Crippen LogP contribution < -0.4 is 5.73 Å². The summed E-state index contributed by atoms with van der Waals surface area (Å²) >= 11 is 0. The summed E-state index contributed by atoms with van der Waals surface area (Å²) in [6.45, 7) is 4.08. The predicted molar refractivity (Wildman–Crippen MR) is 52.0 cm³/mol. The molecule has 3 nitrogen and oxygen atoms in total. The van der Waals surface area contributed by atoms with Gasteiger partial charge in [-0.15, -0.1) is 0 Å². The van der Waals surface area contributed by atoms with Crippen LogP contribution in [0.4, 0.5) is 0 Å². The SMILES string of the molecule is CCC(N)CCCC(CC)N=O. The fraction of sp³-hybridized carbons (Fsp3) is 1.00. The second-order valence-corrected chi connectivity index (χ2v) is 3.27. The standard InChI is InChI=1S/C9H20N2O/c1-3-8(10)6-5-7-9(4-2)11-12/h8-9H,3-7,10H2,1-2H3. The van der Waals surface area contributed by atoms with Crippen LogP contribution in [0.25, 0.3) is 0 Å². The Balaban J connectivity index is 3.34. The topological polar surface area (TPSA) is 55.4 Å². The molecule has 2 unspecified atom stereocenters. The summed E-state index contributed by atoms with van der Waals surface area (Å²) in [6.07, 6.45) is 4.81. The van der Waals surface area contributed by atoms with Gasteiger partial charge in [0.25, 0.3) is 0 Å². The molecule has 0 saturated carbocycles. The maximum absolute atomic E-state index is 10.2. The summed E-state index contributed by atoms with van der Waals surface area (Å²) in [5.41, 5.74) is 5.73. The van der Waals surface area contributed by atoms with Crippen molar-refractivity contribution in [1.29, 1.82) is 0 Å². The highest BCUT2D eigenvalue weighted by Crippen LogP contribution is 2.09. The van der Waals surface area contributed by atoms with E-state index in [9.17, 15) is 4.91 Å². The highest BCUT2D eigenvalue weighted by molar-refractivity contribution is 4.65. The zero-order valence-electron chi connectivity index (χ0n) is 8.12. The van der Waals surface area contributed by atoms with E-state index < -0.39 is 0 Å². The Morgan fingerprint density at radius 2 is 1.92 bits per heavy atom. The molecule has 72 valence electrons. The highest BCUT2D eigenvalue weighted by Gasteiger charge is 2.06. The van der Waals surface area contributed by atoms with Gasteiger partial charge in [0.1, 0.15) is 0 Å². The average Bonchev–Trinajstić information content (AvgIpc) is 2.12. The van der Waals surface area contributed by atoms with Crippen molar-refractivity contribution in [3.63, 3.8) is 0 Å². The lowest BCUT2D eigenvalue weighted by Crippen LogP contribution is -2.18. The second-order valence-electron chi connectivity index (χ2n) is 3.27. The van der Waals surface area contributed by atoms with Gasteiger partial charge in [0, 0.05) is 6.04 Å². The normalized spacial score (nSPS) is 15.6. The lowest BCUT2D eigenvalue weighted by atomic mass is 10.0. The van der Waals surface area contributed by atoms with E-state index in [1.165, 1.54) is 0 Å². The molecule has 12 heavy (non-hydrogen) atoms. The summed E-state index contributed by atoms with van der Waals surface area (Å²) in [5.74, 6) is 0. The van der Waals surface area contributed by atoms with Gasteiger partial charge in [0.2, 0.25) is 0 Å². The molecule has 0 heterocycles. The van der Waals surface area contributed by atoms with Crippen molar-refractivity contribution < 1.29 is 0 Å². The number of hydrogen-bond donors (Lipinski definition) is 1. The van der Waals surface area contributed by atoms with Crippen molar-refractivity contribution >= 4 is 0 Å². The summed E-state index contributed by atoms with van der Waals surface area (Å²) in [6, 6.07) is 0.309. The maximum atomic E-state index is 10.2. The van der Waals surface area contributed by atoms with Crippen LogP contribution in [0.2, 0.25) is 0 Å². The summed E-state index contributed by atoms with van der Waals surface area (Å²) in [7, 11) is 0. The number of nitroso groups, excluding NO2 is 1. The molecule has 2 atom stereocenters. The molecule has 0 aromatic heterocycles. The number of nitrogens with two attached hydrogens (primary N) is 1. The van der Waals surface area contributed by atoms with Crippen LogP contribution in [0.15, 0.2) is 5.18 Å². The third-order valence-corrected chi connectivity index (χ3v) is 2.26. The molecule has 0 amide bonds. The van der Waals surface area contributed by atoms with E-state index in [2.05, 4.69) is 12.1 Å². The van der Waals surface area contributed by atoms with Gasteiger partial charge < -0.3 is 5.73 Å². The Kier molecular flexibility index (Phi) is 6.96. The van der Waals surface area contributed by atoms with Crippen molar-refractivity contribution in [3.8, 4) is 0 Å². The van der Waals surface area contributed by atoms with Crippen molar-refractivity contribution in [3.05, 3.63) is 4.91 Å². The average molecular weight is 172 g/mol. The van der Waals surface area contributed by atoms with Crippen molar-refractivity contribution in [2.45, 2.75) is 58.0 Å². The van der Waals surface area contributed by atoms with Crippen LogP contribution in [0, 0.1) is 4.91 Å². The minimum atomic E-state index is 0.00839. The Bertz CT molecular complexity index is 117. The molecule has 0 rings (SSSR count). The van der Waals surface area contributed by atoms with Crippen molar-refractivity contribution in [2.24, 2.45) is 10.9 Å². The predicted octanol–water partition coefficient (Wildman–Crippen LogP) is 2.44. The second kappa shape index (κ2) is 7.22. The monoisotopic (exact) mass is 172 g/mol. The molecule has 0 spiro atoms. The summed E-state index contributed by atoms with van der Waals surface area (Å²) in [5, 5.41) is 3.04. The molecule has 3 heteroatoms. The first kappa shape index (κ1) is 11.6. The number of rotatable bonds is 7. The van der Waals surface area contributed by atoms with Crippen molar-refractivity contribution in [1.82, 2.24) is 0 Å². The Morgan fingerprint density at radius 3 is 2.33 bits per heavy atom. The molecule has 2 N–H and O–H groups in total. The fourth-order valence-corrected chi connectivity index (χ4v) is 1.15. The third kappa shape index (κ3) is 5.24. The van der Waals surface area contributed by atoms with Gasteiger partial charge in [-0.05, 0) is 32.1 Å². The van der Waals surface area contributed by atoms with Gasteiger partial charge in [0.15, 0.2) is 0 Å². The fourth-order valence-electron chi connectivity index (χ4n) is 1.15. The van der Waals surface area contributed by atoms with Gasteiger partial charge >= 0.3 is 0 Å². The molecule has 0 aliphatic rings. The van der Waals surface area contributed by atoms with Gasteiger partial charge in [0.05, 0.1) is 6.04 Å². The molecule has 0 aliphatic heterocycles. The number of hydrogen-bond acceptors (Lipinski definition) is 3. The first-order chi connectivity index (χ1) is 5.74. The van der Waals surface area contributed by atoms with E-state index in [4.69, 9.17) is 5.73 Å². The number of nitrogens with zero attached hydrogens (tertiary/aromatic N) is 1. The molecule has 0 radical (unpaired) electrons.